The third-order valence-electron chi connectivity index (χ3n) is 6.97. The Morgan fingerprint density at radius 1 is 0.775 bits per heavy atom. The second-order valence-electron chi connectivity index (χ2n) is 11.0. The molecule has 2 fully saturated rings. The van der Waals surface area contributed by atoms with Gasteiger partial charge in [-0.2, -0.15) is 5.10 Å². The fourth-order valence-corrected chi connectivity index (χ4v) is 4.70. The summed E-state index contributed by atoms with van der Waals surface area (Å²) in [5.41, 5.74) is 3.55. The van der Waals surface area contributed by atoms with E-state index in [0.717, 1.165) is 66.3 Å². The first kappa shape index (κ1) is 26.1. The van der Waals surface area contributed by atoms with Crippen molar-refractivity contribution in [3.05, 3.63) is 60.8 Å². The number of ether oxygens (including phenoxy) is 2. The number of benzene rings is 1. The minimum Gasteiger partial charge on any atom is -0.378 e. The van der Waals surface area contributed by atoms with Crippen molar-refractivity contribution in [2.24, 2.45) is 0 Å². The molecule has 0 bridgehead atoms. The van der Waals surface area contributed by atoms with Gasteiger partial charge in [-0.1, -0.05) is 20.8 Å². The van der Waals surface area contributed by atoms with Crippen LogP contribution in [0.2, 0.25) is 0 Å². The van der Waals surface area contributed by atoms with Crippen LogP contribution in [0.1, 0.15) is 26.6 Å². The fourth-order valence-electron chi connectivity index (χ4n) is 4.70. The van der Waals surface area contributed by atoms with Gasteiger partial charge in [-0.25, -0.2) is 24.6 Å². The zero-order valence-corrected chi connectivity index (χ0v) is 23.2. The molecule has 11 nitrogen and oxygen atoms in total. The number of rotatable bonds is 6. The second-order valence-corrected chi connectivity index (χ2v) is 11.0. The van der Waals surface area contributed by atoms with Crippen LogP contribution in [0.3, 0.4) is 0 Å². The van der Waals surface area contributed by atoms with Crippen LogP contribution in [0.25, 0.3) is 16.9 Å². The molecular formula is C29H35N9O2. The van der Waals surface area contributed by atoms with Gasteiger partial charge in [-0.15, -0.1) is 0 Å². The van der Waals surface area contributed by atoms with E-state index in [1.54, 1.807) is 17.2 Å². The van der Waals surface area contributed by atoms with Gasteiger partial charge >= 0.3 is 0 Å². The summed E-state index contributed by atoms with van der Waals surface area (Å²) in [6.07, 6.45) is 3.53. The summed E-state index contributed by atoms with van der Waals surface area (Å²) >= 11 is 0. The maximum absolute atomic E-state index is 5.57. The topological polar surface area (TPSA) is 106 Å². The van der Waals surface area contributed by atoms with E-state index in [-0.39, 0.29) is 5.41 Å². The maximum atomic E-state index is 5.57. The van der Waals surface area contributed by atoms with E-state index < -0.39 is 0 Å². The van der Waals surface area contributed by atoms with Crippen LogP contribution in [-0.4, -0.2) is 82.3 Å². The van der Waals surface area contributed by atoms with Crippen LogP contribution >= 0.6 is 0 Å². The highest BCUT2D eigenvalue weighted by Gasteiger charge is 2.20. The second kappa shape index (κ2) is 11.2. The summed E-state index contributed by atoms with van der Waals surface area (Å²) in [7, 11) is 0. The Hall–Kier alpha value is -4.09. The molecule has 4 aromatic rings. The highest BCUT2D eigenvalue weighted by atomic mass is 16.5. The van der Waals surface area contributed by atoms with Gasteiger partial charge in [-0.3, -0.25) is 0 Å². The Labute approximate surface area is 234 Å². The molecule has 0 spiro atoms. The largest absolute Gasteiger partial charge is 0.378 e. The first-order valence-corrected chi connectivity index (χ1v) is 13.7. The van der Waals surface area contributed by atoms with E-state index in [1.165, 1.54) is 0 Å². The number of hydrogen-bond acceptors (Lipinski definition) is 10. The van der Waals surface area contributed by atoms with Crippen molar-refractivity contribution < 1.29 is 9.47 Å². The summed E-state index contributed by atoms with van der Waals surface area (Å²) in [4.78, 5) is 23.4. The van der Waals surface area contributed by atoms with Crippen LogP contribution in [-0.2, 0) is 14.9 Å². The van der Waals surface area contributed by atoms with E-state index in [9.17, 15) is 0 Å². The molecule has 40 heavy (non-hydrogen) atoms. The molecule has 6 rings (SSSR count). The molecule has 5 heterocycles. The summed E-state index contributed by atoms with van der Waals surface area (Å²) < 4.78 is 12.9. The van der Waals surface area contributed by atoms with Gasteiger partial charge in [0.25, 0.3) is 0 Å². The molecule has 1 N–H and O–H groups in total. The van der Waals surface area contributed by atoms with Gasteiger partial charge in [0.1, 0.15) is 18.0 Å². The van der Waals surface area contributed by atoms with Gasteiger partial charge in [0, 0.05) is 49.0 Å². The van der Waals surface area contributed by atoms with Crippen molar-refractivity contribution >= 4 is 23.3 Å². The maximum Gasteiger partial charge on any atom is 0.227 e. The monoisotopic (exact) mass is 541 g/mol. The zero-order valence-electron chi connectivity index (χ0n) is 23.2. The Morgan fingerprint density at radius 3 is 1.98 bits per heavy atom. The fraction of sp³-hybridized carbons (Fsp3) is 0.414. The van der Waals surface area contributed by atoms with Crippen molar-refractivity contribution in [2.75, 3.05) is 67.7 Å². The summed E-state index contributed by atoms with van der Waals surface area (Å²) in [5.74, 6) is 3.21. The molecule has 1 aromatic carbocycles. The van der Waals surface area contributed by atoms with E-state index in [2.05, 4.69) is 63.1 Å². The molecule has 0 saturated carbocycles. The molecule has 2 aliphatic rings. The molecule has 0 aliphatic carbocycles. The predicted octanol–water partition coefficient (Wildman–Crippen LogP) is 3.83. The molecule has 0 atom stereocenters. The SMILES string of the molecule is CC(C)(C)c1ncn(-c2ccc(Nc3nccc(-c4cc(N5CCOCC5)nc(N5CCOCC5)c4)n3)cc2)n1. The number of nitrogens with one attached hydrogen (secondary N) is 1. The van der Waals surface area contributed by atoms with Gasteiger partial charge in [0.15, 0.2) is 5.82 Å². The normalized spacial score (nSPS) is 16.3. The number of nitrogens with zero attached hydrogens (tertiary/aromatic N) is 8. The lowest BCUT2D eigenvalue weighted by atomic mass is 9.96. The standard InChI is InChI=1S/C29H35N9O2/c1-29(2,3)27-31-20-38(35-27)23-6-4-22(5-7-23)32-28-30-9-8-24(33-28)21-18-25(36-10-14-39-15-11-36)34-26(19-21)37-12-16-40-17-13-37/h4-9,18-20H,10-17H2,1-3H3,(H,30,32,33). The average Bonchev–Trinajstić information content (AvgIpc) is 3.50. The summed E-state index contributed by atoms with van der Waals surface area (Å²) in [6, 6.07) is 14.1. The smallest absolute Gasteiger partial charge is 0.227 e. The quantitative estimate of drug-likeness (QED) is 0.387. The molecular weight excluding hydrogens is 506 g/mol. The van der Waals surface area contributed by atoms with Crippen molar-refractivity contribution in [1.82, 2.24) is 29.7 Å². The molecule has 0 unspecified atom stereocenters. The Bertz CT molecular complexity index is 1400. The van der Waals surface area contributed by atoms with Crippen LogP contribution in [0.5, 0.6) is 0 Å². The Morgan fingerprint density at radius 2 is 1.40 bits per heavy atom. The highest BCUT2D eigenvalue weighted by Crippen LogP contribution is 2.29. The molecule has 0 radical (unpaired) electrons. The summed E-state index contributed by atoms with van der Waals surface area (Å²) in [6.45, 7) is 12.4. The third-order valence-corrected chi connectivity index (χ3v) is 6.97. The van der Waals surface area contributed by atoms with Gasteiger partial charge < -0.3 is 24.6 Å². The van der Waals surface area contributed by atoms with E-state index in [4.69, 9.17) is 19.4 Å². The lowest BCUT2D eigenvalue weighted by Gasteiger charge is -2.31. The van der Waals surface area contributed by atoms with E-state index in [1.807, 2.05) is 30.3 Å². The highest BCUT2D eigenvalue weighted by molar-refractivity contribution is 5.70. The van der Waals surface area contributed by atoms with Crippen molar-refractivity contribution in [1.29, 1.82) is 0 Å². The minimum absolute atomic E-state index is 0.101. The molecule has 2 saturated heterocycles. The van der Waals surface area contributed by atoms with Crippen LogP contribution in [0, 0.1) is 0 Å². The molecule has 11 heteroatoms. The van der Waals surface area contributed by atoms with Gasteiger partial charge in [0.2, 0.25) is 5.95 Å². The van der Waals surface area contributed by atoms with Crippen molar-refractivity contribution in [2.45, 2.75) is 26.2 Å². The first-order valence-electron chi connectivity index (χ1n) is 13.7. The lowest BCUT2D eigenvalue weighted by Crippen LogP contribution is -2.39. The van der Waals surface area contributed by atoms with Crippen molar-refractivity contribution in [3.63, 3.8) is 0 Å². The Kier molecular flexibility index (Phi) is 7.31. The lowest BCUT2D eigenvalue weighted by molar-refractivity contribution is 0.121. The number of pyridine rings is 1. The van der Waals surface area contributed by atoms with E-state index >= 15 is 0 Å². The predicted molar refractivity (Wildman–Crippen MR) is 155 cm³/mol. The van der Waals surface area contributed by atoms with E-state index in [0.29, 0.717) is 32.4 Å². The van der Waals surface area contributed by atoms with Crippen LogP contribution in [0.4, 0.5) is 23.3 Å². The summed E-state index contributed by atoms with van der Waals surface area (Å²) in [5, 5.41) is 7.97. The van der Waals surface area contributed by atoms with Gasteiger partial charge in [0.05, 0.1) is 37.8 Å². The van der Waals surface area contributed by atoms with Crippen LogP contribution in [0.15, 0.2) is 55.0 Å². The number of hydrogen-bond donors (Lipinski definition) is 1. The van der Waals surface area contributed by atoms with Crippen LogP contribution < -0.4 is 15.1 Å². The molecule has 3 aromatic heterocycles. The van der Waals surface area contributed by atoms with Crippen molar-refractivity contribution in [3.8, 4) is 16.9 Å². The average molecular weight is 542 g/mol. The number of morpholine rings is 2. The minimum atomic E-state index is -0.101. The Balaban J connectivity index is 1.24. The molecule has 208 valence electrons. The molecule has 2 aliphatic heterocycles. The first-order chi connectivity index (χ1) is 19.4. The third kappa shape index (κ3) is 5.90. The van der Waals surface area contributed by atoms with Gasteiger partial charge in [-0.05, 0) is 42.5 Å². The number of anilines is 4. The zero-order chi connectivity index (χ0) is 27.5. The number of aromatic nitrogens is 6. The molecule has 0 amide bonds.